The van der Waals surface area contributed by atoms with Crippen LogP contribution in [0.2, 0.25) is 0 Å². The molecule has 1 atom stereocenters. The molecule has 0 aliphatic carbocycles. The number of aromatic nitrogens is 2. The Labute approximate surface area is 167 Å². The van der Waals surface area contributed by atoms with Crippen LogP contribution in [0.3, 0.4) is 0 Å². The van der Waals surface area contributed by atoms with E-state index >= 15 is 0 Å². The van der Waals surface area contributed by atoms with Crippen LogP contribution in [0.4, 0.5) is 0 Å². The molecule has 3 rings (SSSR count). The summed E-state index contributed by atoms with van der Waals surface area (Å²) in [6.07, 6.45) is 1.40. The van der Waals surface area contributed by atoms with Gasteiger partial charge in [-0.15, -0.1) is 11.3 Å². The molecule has 0 radical (unpaired) electrons. The molecule has 3 aromatic rings. The number of nitrogens with zero attached hydrogens (tertiary/aromatic N) is 3. The molecular weight excluding hydrogens is 372 g/mol. The molecule has 0 aliphatic rings. The summed E-state index contributed by atoms with van der Waals surface area (Å²) in [6.45, 7) is 7.13. The van der Waals surface area contributed by atoms with Crippen LogP contribution in [0.1, 0.15) is 26.3 Å². The number of benzene rings is 1. The van der Waals surface area contributed by atoms with E-state index in [0.29, 0.717) is 10.2 Å². The highest BCUT2D eigenvalue weighted by atomic mass is 32.1. The number of thiophene rings is 1. The standard InChI is InChI=1S/C21H22N4O2S/c1-13(2)21(4,11-22)24-16(26)10-25-12-23-19-17(20(25)27)14(3)18(28-19)15-8-6-5-7-9-15/h5-9,12-13H,10H2,1-4H3,(H,24,26). The number of hydrogen-bond donors (Lipinski definition) is 1. The number of nitrogens with one attached hydrogen (secondary N) is 1. The summed E-state index contributed by atoms with van der Waals surface area (Å²) in [5.41, 5.74) is 0.659. The maximum absolute atomic E-state index is 13.0. The van der Waals surface area contributed by atoms with E-state index in [-0.39, 0.29) is 18.0 Å². The first-order chi connectivity index (χ1) is 13.3. The van der Waals surface area contributed by atoms with Crippen molar-refractivity contribution in [2.24, 2.45) is 5.92 Å². The molecule has 28 heavy (non-hydrogen) atoms. The van der Waals surface area contributed by atoms with Gasteiger partial charge in [0.25, 0.3) is 5.56 Å². The number of fused-ring (bicyclic) bond motifs is 1. The summed E-state index contributed by atoms with van der Waals surface area (Å²) in [7, 11) is 0. The summed E-state index contributed by atoms with van der Waals surface area (Å²) in [4.78, 5) is 31.5. The molecule has 0 saturated heterocycles. The predicted molar refractivity (Wildman–Crippen MR) is 111 cm³/mol. The van der Waals surface area contributed by atoms with Crippen LogP contribution >= 0.6 is 11.3 Å². The average Bonchev–Trinajstić information content (AvgIpc) is 3.01. The van der Waals surface area contributed by atoms with Gasteiger partial charge in [0.15, 0.2) is 0 Å². The summed E-state index contributed by atoms with van der Waals surface area (Å²) in [5.74, 6) is -0.455. The van der Waals surface area contributed by atoms with Gasteiger partial charge in [0.05, 0.1) is 17.8 Å². The molecule has 2 heterocycles. The van der Waals surface area contributed by atoms with Gasteiger partial charge in [-0.3, -0.25) is 14.2 Å². The van der Waals surface area contributed by atoms with Gasteiger partial charge in [0.1, 0.15) is 16.9 Å². The molecule has 6 nitrogen and oxygen atoms in total. The fourth-order valence-electron chi connectivity index (χ4n) is 2.92. The van der Waals surface area contributed by atoms with E-state index in [1.165, 1.54) is 22.2 Å². The Balaban J connectivity index is 1.95. The lowest BCUT2D eigenvalue weighted by Gasteiger charge is -2.27. The van der Waals surface area contributed by atoms with E-state index in [4.69, 9.17) is 0 Å². The molecule has 0 spiro atoms. The van der Waals surface area contributed by atoms with Crippen LogP contribution in [0.5, 0.6) is 0 Å². The zero-order valence-corrected chi connectivity index (χ0v) is 17.1. The Bertz CT molecular complexity index is 1120. The van der Waals surface area contributed by atoms with Crippen molar-refractivity contribution in [3.8, 4) is 16.5 Å². The highest BCUT2D eigenvalue weighted by Gasteiger charge is 2.30. The Morgan fingerprint density at radius 2 is 2.04 bits per heavy atom. The molecule has 0 fully saturated rings. The topological polar surface area (TPSA) is 87.8 Å². The lowest BCUT2D eigenvalue weighted by molar-refractivity contribution is -0.123. The van der Waals surface area contributed by atoms with Crippen molar-refractivity contribution in [2.45, 2.75) is 39.8 Å². The van der Waals surface area contributed by atoms with E-state index in [0.717, 1.165) is 16.0 Å². The van der Waals surface area contributed by atoms with Crippen LogP contribution in [-0.4, -0.2) is 21.0 Å². The maximum atomic E-state index is 13.0. The SMILES string of the molecule is Cc1c(-c2ccccc2)sc2ncn(CC(=O)NC(C)(C#N)C(C)C)c(=O)c12. The van der Waals surface area contributed by atoms with E-state index in [9.17, 15) is 14.9 Å². The highest BCUT2D eigenvalue weighted by Crippen LogP contribution is 2.35. The van der Waals surface area contributed by atoms with Crippen LogP contribution in [-0.2, 0) is 11.3 Å². The van der Waals surface area contributed by atoms with Crippen molar-refractivity contribution >= 4 is 27.5 Å². The molecule has 1 aromatic carbocycles. The Kier molecular flexibility index (Phi) is 5.34. The first-order valence-electron chi connectivity index (χ1n) is 9.03. The summed E-state index contributed by atoms with van der Waals surface area (Å²) >= 11 is 1.47. The van der Waals surface area contributed by atoms with Crippen LogP contribution in [0.15, 0.2) is 41.5 Å². The molecule has 1 amide bonds. The van der Waals surface area contributed by atoms with E-state index in [1.807, 2.05) is 51.1 Å². The van der Waals surface area contributed by atoms with E-state index < -0.39 is 11.4 Å². The zero-order chi connectivity index (χ0) is 20.5. The van der Waals surface area contributed by atoms with Crippen LogP contribution in [0, 0.1) is 24.2 Å². The van der Waals surface area contributed by atoms with Gasteiger partial charge in [0.2, 0.25) is 5.91 Å². The van der Waals surface area contributed by atoms with Crippen molar-refractivity contribution in [1.29, 1.82) is 5.26 Å². The van der Waals surface area contributed by atoms with Crippen molar-refractivity contribution in [2.75, 3.05) is 0 Å². The van der Waals surface area contributed by atoms with Crippen molar-refractivity contribution < 1.29 is 4.79 Å². The molecular formula is C21H22N4O2S. The minimum Gasteiger partial charge on any atom is -0.336 e. The van der Waals surface area contributed by atoms with Gasteiger partial charge in [-0.1, -0.05) is 44.2 Å². The Hall–Kier alpha value is -2.98. The molecule has 0 saturated carbocycles. The quantitative estimate of drug-likeness (QED) is 0.717. The lowest BCUT2D eigenvalue weighted by atomic mass is 9.90. The molecule has 7 heteroatoms. The predicted octanol–water partition coefficient (Wildman–Crippen LogP) is 3.49. The number of nitriles is 1. The summed E-state index contributed by atoms with van der Waals surface area (Å²) in [6, 6.07) is 12.0. The first kappa shape index (κ1) is 19.8. The number of carbonyl (C=O) groups is 1. The normalized spacial score (nSPS) is 13.3. The van der Waals surface area contributed by atoms with Crippen molar-refractivity contribution in [3.63, 3.8) is 0 Å². The molecule has 0 aliphatic heterocycles. The fourth-order valence-corrected chi connectivity index (χ4v) is 4.07. The largest absolute Gasteiger partial charge is 0.336 e. The second-order valence-electron chi connectivity index (χ2n) is 7.30. The van der Waals surface area contributed by atoms with Crippen LogP contribution in [0.25, 0.3) is 20.7 Å². The maximum Gasteiger partial charge on any atom is 0.262 e. The number of aryl methyl sites for hydroxylation is 1. The van der Waals surface area contributed by atoms with Crippen LogP contribution < -0.4 is 10.9 Å². The van der Waals surface area contributed by atoms with Gasteiger partial charge >= 0.3 is 0 Å². The minimum atomic E-state index is -0.989. The third-order valence-electron chi connectivity index (χ3n) is 5.05. The van der Waals surface area contributed by atoms with Gasteiger partial charge in [-0.25, -0.2) is 4.98 Å². The molecule has 0 bridgehead atoms. The number of rotatable bonds is 5. The average molecular weight is 395 g/mol. The number of carbonyl (C=O) groups excluding carboxylic acids is 1. The van der Waals surface area contributed by atoms with Gasteiger partial charge in [0, 0.05) is 4.88 Å². The summed E-state index contributed by atoms with van der Waals surface area (Å²) in [5, 5.41) is 12.6. The minimum absolute atomic E-state index is 0.0636. The van der Waals surface area contributed by atoms with E-state index in [1.54, 1.807) is 6.92 Å². The molecule has 1 unspecified atom stereocenters. The van der Waals surface area contributed by atoms with Gasteiger partial charge < -0.3 is 5.32 Å². The smallest absolute Gasteiger partial charge is 0.262 e. The Morgan fingerprint density at radius 3 is 2.64 bits per heavy atom. The summed E-state index contributed by atoms with van der Waals surface area (Å²) < 4.78 is 1.30. The van der Waals surface area contributed by atoms with Crippen molar-refractivity contribution in [1.82, 2.24) is 14.9 Å². The second kappa shape index (κ2) is 7.56. The fraction of sp³-hybridized carbons (Fsp3) is 0.333. The first-order valence-corrected chi connectivity index (χ1v) is 9.84. The third kappa shape index (κ3) is 3.56. The number of amides is 1. The molecule has 2 aromatic heterocycles. The van der Waals surface area contributed by atoms with E-state index in [2.05, 4.69) is 16.4 Å². The third-order valence-corrected chi connectivity index (χ3v) is 6.30. The lowest BCUT2D eigenvalue weighted by Crippen LogP contribution is -2.50. The highest BCUT2D eigenvalue weighted by molar-refractivity contribution is 7.22. The van der Waals surface area contributed by atoms with Crippen molar-refractivity contribution in [3.05, 3.63) is 52.6 Å². The van der Waals surface area contributed by atoms with Gasteiger partial charge in [-0.05, 0) is 30.9 Å². The second-order valence-corrected chi connectivity index (χ2v) is 8.30. The monoisotopic (exact) mass is 394 g/mol. The number of hydrogen-bond acceptors (Lipinski definition) is 5. The molecule has 144 valence electrons. The zero-order valence-electron chi connectivity index (χ0n) is 16.3. The Morgan fingerprint density at radius 1 is 1.36 bits per heavy atom. The van der Waals surface area contributed by atoms with Gasteiger partial charge in [-0.2, -0.15) is 5.26 Å². The molecule has 1 N–H and O–H groups in total.